The number of benzene rings is 1. The van der Waals surface area contributed by atoms with Crippen molar-refractivity contribution in [1.82, 2.24) is 0 Å². The molecular weight excluding hydrogens is 278 g/mol. The van der Waals surface area contributed by atoms with E-state index in [4.69, 9.17) is 0 Å². The van der Waals surface area contributed by atoms with Crippen molar-refractivity contribution in [3.05, 3.63) is 29.3 Å². The Morgan fingerprint density at radius 1 is 1.35 bits per heavy atom. The monoisotopic (exact) mass is 295 g/mol. The Kier molecular flexibility index (Phi) is 3.87. The lowest BCUT2D eigenvalue weighted by Gasteiger charge is -2.13. The second-order valence-corrected chi connectivity index (χ2v) is 6.19. The quantitative estimate of drug-likeness (QED) is 0.834. The molecule has 3 heteroatoms. The summed E-state index contributed by atoms with van der Waals surface area (Å²) in [4.78, 5) is 11.7. The predicted molar refractivity (Wildman–Crippen MR) is 74.5 cm³/mol. The molecule has 0 aromatic heterocycles. The van der Waals surface area contributed by atoms with Crippen molar-refractivity contribution in [2.45, 2.75) is 37.9 Å². The predicted octanol–water partition coefficient (Wildman–Crippen LogP) is 4.05. The lowest BCUT2D eigenvalue weighted by atomic mass is 10.0. The van der Waals surface area contributed by atoms with Crippen molar-refractivity contribution in [2.24, 2.45) is 5.92 Å². The maximum atomic E-state index is 11.3. The minimum Gasteiger partial charge on any atom is -0.326 e. The second-order valence-electron chi connectivity index (χ2n) is 5.08. The van der Waals surface area contributed by atoms with Crippen LogP contribution in [0.1, 0.15) is 42.6 Å². The van der Waals surface area contributed by atoms with E-state index in [0.717, 1.165) is 23.6 Å². The van der Waals surface area contributed by atoms with Crippen LogP contribution in [0, 0.1) is 5.92 Å². The van der Waals surface area contributed by atoms with Gasteiger partial charge < -0.3 is 5.32 Å². The lowest BCUT2D eigenvalue weighted by molar-refractivity contribution is -0.115. The number of carbonyl (C=O) groups is 1. The highest BCUT2D eigenvalue weighted by Gasteiger charge is 2.19. The van der Waals surface area contributed by atoms with E-state index in [9.17, 15) is 4.79 Å². The third kappa shape index (κ3) is 3.09. The number of fused-ring (bicyclic) bond motifs is 1. The SMILES string of the molecule is CC(C)CCC(Br)c1ccc2c(c1)CC(=O)N2. The number of amides is 1. The van der Waals surface area contributed by atoms with Crippen LogP contribution >= 0.6 is 15.9 Å². The number of halogens is 1. The molecule has 1 amide bonds. The van der Waals surface area contributed by atoms with Gasteiger partial charge in [0.1, 0.15) is 0 Å². The molecule has 0 saturated heterocycles. The van der Waals surface area contributed by atoms with Gasteiger partial charge in [0, 0.05) is 10.5 Å². The van der Waals surface area contributed by atoms with Gasteiger partial charge >= 0.3 is 0 Å². The van der Waals surface area contributed by atoms with Gasteiger partial charge in [0.05, 0.1) is 6.42 Å². The molecule has 2 nitrogen and oxygen atoms in total. The zero-order valence-electron chi connectivity index (χ0n) is 10.3. The first-order valence-electron chi connectivity index (χ1n) is 6.13. The smallest absolute Gasteiger partial charge is 0.228 e. The Morgan fingerprint density at radius 2 is 2.12 bits per heavy atom. The highest BCUT2D eigenvalue weighted by atomic mass is 79.9. The summed E-state index contributed by atoms with van der Waals surface area (Å²) in [5.41, 5.74) is 3.38. The highest BCUT2D eigenvalue weighted by Crippen LogP contribution is 2.33. The van der Waals surface area contributed by atoms with Crippen LogP contribution in [0.2, 0.25) is 0 Å². The Hall–Kier alpha value is -0.830. The van der Waals surface area contributed by atoms with Gasteiger partial charge in [-0.3, -0.25) is 4.79 Å². The zero-order valence-corrected chi connectivity index (χ0v) is 11.9. The van der Waals surface area contributed by atoms with E-state index in [1.807, 2.05) is 6.07 Å². The van der Waals surface area contributed by atoms with Crippen LogP contribution in [0.15, 0.2) is 18.2 Å². The van der Waals surface area contributed by atoms with Crippen molar-refractivity contribution in [3.63, 3.8) is 0 Å². The van der Waals surface area contributed by atoms with Gasteiger partial charge in [0.2, 0.25) is 5.91 Å². The Bertz CT molecular complexity index is 428. The van der Waals surface area contributed by atoms with Crippen LogP contribution in [0.5, 0.6) is 0 Å². The third-order valence-electron chi connectivity index (χ3n) is 3.11. The Morgan fingerprint density at radius 3 is 2.82 bits per heavy atom. The number of hydrogen-bond donors (Lipinski definition) is 1. The topological polar surface area (TPSA) is 29.1 Å². The summed E-state index contributed by atoms with van der Waals surface area (Å²) in [6.07, 6.45) is 2.87. The van der Waals surface area contributed by atoms with Gasteiger partial charge in [-0.25, -0.2) is 0 Å². The third-order valence-corrected chi connectivity index (χ3v) is 4.10. The van der Waals surface area contributed by atoms with E-state index in [1.165, 1.54) is 12.0 Å². The number of carbonyl (C=O) groups excluding carboxylic acids is 1. The molecule has 0 fully saturated rings. The molecule has 1 N–H and O–H groups in total. The molecule has 1 aliphatic rings. The van der Waals surface area contributed by atoms with Crippen molar-refractivity contribution in [1.29, 1.82) is 0 Å². The summed E-state index contributed by atoms with van der Waals surface area (Å²) in [5.74, 6) is 0.832. The summed E-state index contributed by atoms with van der Waals surface area (Å²) in [6, 6.07) is 6.26. The number of nitrogens with one attached hydrogen (secondary N) is 1. The van der Waals surface area contributed by atoms with Gasteiger partial charge in [-0.2, -0.15) is 0 Å². The van der Waals surface area contributed by atoms with E-state index >= 15 is 0 Å². The average Bonchev–Trinajstić information content (AvgIpc) is 2.64. The molecule has 17 heavy (non-hydrogen) atoms. The largest absolute Gasteiger partial charge is 0.326 e. The number of alkyl halides is 1. The van der Waals surface area contributed by atoms with Gasteiger partial charge in [0.15, 0.2) is 0 Å². The Balaban J connectivity index is 2.07. The minimum atomic E-state index is 0.102. The number of anilines is 1. The molecule has 92 valence electrons. The maximum Gasteiger partial charge on any atom is 0.228 e. The molecule has 0 saturated carbocycles. The molecule has 0 bridgehead atoms. The van der Waals surface area contributed by atoms with E-state index in [2.05, 4.69) is 47.2 Å². The normalized spacial score (nSPS) is 15.9. The molecule has 1 unspecified atom stereocenters. The molecule has 0 radical (unpaired) electrons. The summed E-state index contributed by atoms with van der Waals surface area (Å²) < 4.78 is 0. The maximum absolute atomic E-state index is 11.3. The van der Waals surface area contributed by atoms with Crippen LogP contribution in [-0.4, -0.2) is 5.91 Å². The summed E-state index contributed by atoms with van der Waals surface area (Å²) in [7, 11) is 0. The first-order chi connectivity index (χ1) is 8.06. The molecule has 1 aromatic rings. The van der Waals surface area contributed by atoms with E-state index < -0.39 is 0 Å². The summed E-state index contributed by atoms with van der Waals surface area (Å²) in [6.45, 7) is 4.48. The first-order valence-corrected chi connectivity index (χ1v) is 7.04. The van der Waals surface area contributed by atoms with Gasteiger partial charge in [-0.1, -0.05) is 41.9 Å². The second kappa shape index (κ2) is 5.21. The van der Waals surface area contributed by atoms with Crippen molar-refractivity contribution in [3.8, 4) is 0 Å². The summed E-state index contributed by atoms with van der Waals surface area (Å²) >= 11 is 3.73. The zero-order chi connectivity index (χ0) is 12.4. The number of rotatable bonds is 4. The van der Waals surface area contributed by atoms with Crippen molar-refractivity contribution in [2.75, 3.05) is 5.32 Å². The molecule has 1 heterocycles. The van der Waals surface area contributed by atoms with E-state index in [1.54, 1.807) is 0 Å². The average molecular weight is 296 g/mol. The van der Waals surface area contributed by atoms with Crippen LogP contribution in [0.25, 0.3) is 0 Å². The van der Waals surface area contributed by atoms with Gasteiger partial charge in [0.25, 0.3) is 0 Å². The lowest BCUT2D eigenvalue weighted by Crippen LogP contribution is -2.03. The van der Waals surface area contributed by atoms with Crippen LogP contribution in [0.4, 0.5) is 5.69 Å². The fourth-order valence-electron chi connectivity index (χ4n) is 2.09. The fourth-order valence-corrected chi connectivity index (χ4v) is 2.64. The minimum absolute atomic E-state index is 0.102. The molecule has 1 aromatic carbocycles. The highest BCUT2D eigenvalue weighted by molar-refractivity contribution is 9.09. The standard InChI is InChI=1S/C14H18BrNO/c1-9(2)3-5-12(15)10-4-6-13-11(7-10)8-14(17)16-13/h4,6-7,9,12H,3,5,8H2,1-2H3,(H,16,17). The van der Waals surface area contributed by atoms with Crippen LogP contribution in [-0.2, 0) is 11.2 Å². The van der Waals surface area contributed by atoms with E-state index in [-0.39, 0.29) is 5.91 Å². The molecule has 2 rings (SSSR count). The summed E-state index contributed by atoms with van der Waals surface area (Å²) in [5, 5.41) is 2.86. The Labute approximate surface area is 111 Å². The van der Waals surface area contributed by atoms with E-state index in [0.29, 0.717) is 11.2 Å². The van der Waals surface area contributed by atoms with Crippen molar-refractivity contribution < 1.29 is 4.79 Å². The molecule has 1 atom stereocenters. The molecule has 0 spiro atoms. The first kappa shape index (κ1) is 12.6. The van der Waals surface area contributed by atoms with Crippen LogP contribution in [0.3, 0.4) is 0 Å². The van der Waals surface area contributed by atoms with Gasteiger partial charge in [-0.05, 0) is 36.0 Å². The van der Waals surface area contributed by atoms with Gasteiger partial charge in [-0.15, -0.1) is 0 Å². The molecule has 1 aliphatic heterocycles. The fraction of sp³-hybridized carbons (Fsp3) is 0.500. The number of hydrogen-bond acceptors (Lipinski definition) is 1. The molecule has 0 aliphatic carbocycles. The van der Waals surface area contributed by atoms with Crippen molar-refractivity contribution >= 4 is 27.5 Å². The van der Waals surface area contributed by atoms with Crippen LogP contribution < -0.4 is 5.32 Å². The molecular formula is C14H18BrNO.